The van der Waals surface area contributed by atoms with E-state index in [9.17, 15) is 14.7 Å². The quantitative estimate of drug-likeness (QED) is 0.788. The number of hydrogen-bond acceptors (Lipinski definition) is 4. The van der Waals surface area contributed by atoms with Crippen molar-refractivity contribution in [1.82, 2.24) is 5.32 Å². The van der Waals surface area contributed by atoms with E-state index in [4.69, 9.17) is 16.3 Å². The predicted molar refractivity (Wildman–Crippen MR) is 91.8 cm³/mol. The number of carbonyl (C=O) groups excluding carboxylic acids is 1. The Bertz CT molecular complexity index is 728. The summed E-state index contributed by atoms with van der Waals surface area (Å²) in [5, 5.41) is 12.8. The number of aliphatic carboxylic acids is 1. The van der Waals surface area contributed by atoms with Crippen LogP contribution in [0.15, 0.2) is 18.2 Å². The number of methoxy groups -OCH3 is 1. The van der Waals surface area contributed by atoms with Gasteiger partial charge in [0.15, 0.2) is 0 Å². The second kappa shape index (κ2) is 7.66. The summed E-state index contributed by atoms with van der Waals surface area (Å²) >= 11 is 7.53. The van der Waals surface area contributed by atoms with Crippen molar-refractivity contribution in [3.05, 3.63) is 28.1 Å². The maximum absolute atomic E-state index is 12.4. The molecule has 2 N–H and O–H groups in total. The van der Waals surface area contributed by atoms with Crippen molar-refractivity contribution in [3.63, 3.8) is 0 Å². The van der Waals surface area contributed by atoms with E-state index >= 15 is 0 Å². The van der Waals surface area contributed by atoms with Crippen molar-refractivity contribution >= 4 is 44.9 Å². The lowest BCUT2D eigenvalue weighted by Crippen LogP contribution is -2.40. The highest BCUT2D eigenvalue weighted by Crippen LogP contribution is 2.37. The molecule has 0 saturated heterocycles. The van der Waals surface area contributed by atoms with E-state index in [2.05, 4.69) is 5.32 Å². The zero-order valence-corrected chi connectivity index (χ0v) is 14.5. The van der Waals surface area contributed by atoms with Gasteiger partial charge in [-0.1, -0.05) is 31.4 Å². The number of unbranched alkanes of at least 4 members (excludes halogenated alkanes) is 1. The summed E-state index contributed by atoms with van der Waals surface area (Å²) in [6, 6.07) is 4.47. The van der Waals surface area contributed by atoms with E-state index in [0.717, 1.165) is 22.9 Å². The van der Waals surface area contributed by atoms with E-state index in [1.54, 1.807) is 19.2 Å². The van der Waals surface area contributed by atoms with Crippen LogP contribution in [0, 0.1) is 0 Å². The average molecular weight is 356 g/mol. The molecule has 124 valence electrons. The van der Waals surface area contributed by atoms with Gasteiger partial charge in [-0.15, -0.1) is 11.3 Å². The fraction of sp³-hybridized carbons (Fsp3) is 0.375. The molecule has 5 nitrogen and oxygen atoms in total. The van der Waals surface area contributed by atoms with Crippen LogP contribution in [-0.2, 0) is 4.79 Å². The van der Waals surface area contributed by atoms with Gasteiger partial charge in [-0.25, -0.2) is 4.79 Å². The van der Waals surface area contributed by atoms with Crippen LogP contribution in [-0.4, -0.2) is 30.1 Å². The summed E-state index contributed by atoms with van der Waals surface area (Å²) < 4.78 is 6.00. The highest BCUT2D eigenvalue weighted by atomic mass is 35.5. The number of thiophene rings is 1. The molecule has 0 radical (unpaired) electrons. The molecule has 1 unspecified atom stereocenters. The molecule has 0 bridgehead atoms. The van der Waals surface area contributed by atoms with E-state index < -0.39 is 17.9 Å². The summed E-state index contributed by atoms with van der Waals surface area (Å²) in [5.74, 6) is -0.847. The van der Waals surface area contributed by atoms with Gasteiger partial charge in [0.05, 0.1) is 12.1 Å². The lowest BCUT2D eigenvalue weighted by Gasteiger charge is -2.13. The molecule has 0 aliphatic carbocycles. The number of fused-ring (bicyclic) bond motifs is 1. The third-order valence-corrected chi connectivity index (χ3v) is 5.16. The van der Waals surface area contributed by atoms with Gasteiger partial charge in [0, 0.05) is 10.1 Å². The fourth-order valence-corrected chi connectivity index (χ4v) is 3.60. The standard InChI is InChI=1S/C16H18ClNO4S/c1-3-4-5-11(16(20)21)18-15(19)14-13(17)10-8-9(22-2)6-7-12(10)23-14/h6-8,11H,3-5H2,1-2H3,(H,18,19)(H,20,21). The Morgan fingerprint density at radius 1 is 1.43 bits per heavy atom. The van der Waals surface area contributed by atoms with Crippen LogP contribution in [0.1, 0.15) is 35.9 Å². The monoisotopic (exact) mass is 355 g/mol. The topological polar surface area (TPSA) is 75.6 Å². The zero-order valence-electron chi connectivity index (χ0n) is 12.9. The smallest absolute Gasteiger partial charge is 0.326 e. The van der Waals surface area contributed by atoms with Gasteiger partial charge in [0.1, 0.15) is 16.7 Å². The van der Waals surface area contributed by atoms with Crippen LogP contribution in [0.2, 0.25) is 5.02 Å². The molecule has 2 aromatic rings. The number of amides is 1. The minimum absolute atomic E-state index is 0.317. The number of halogens is 1. The summed E-state index contributed by atoms with van der Waals surface area (Å²) in [5.41, 5.74) is 0. The maximum Gasteiger partial charge on any atom is 0.326 e. The van der Waals surface area contributed by atoms with Crippen molar-refractivity contribution in [2.45, 2.75) is 32.2 Å². The largest absolute Gasteiger partial charge is 0.497 e. The Morgan fingerprint density at radius 3 is 2.78 bits per heavy atom. The first kappa shape index (κ1) is 17.6. The Labute approximate surface area is 143 Å². The molecule has 1 amide bonds. The number of carbonyl (C=O) groups is 2. The lowest BCUT2D eigenvalue weighted by atomic mass is 10.1. The highest BCUT2D eigenvalue weighted by Gasteiger charge is 2.23. The molecular formula is C16H18ClNO4S. The molecule has 0 saturated carbocycles. The first-order valence-electron chi connectivity index (χ1n) is 7.27. The van der Waals surface area contributed by atoms with Crippen LogP contribution in [0.3, 0.4) is 0 Å². The zero-order chi connectivity index (χ0) is 17.0. The molecular weight excluding hydrogens is 338 g/mol. The maximum atomic E-state index is 12.4. The van der Waals surface area contributed by atoms with Crippen LogP contribution in [0.25, 0.3) is 10.1 Å². The van der Waals surface area contributed by atoms with Crippen molar-refractivity contribution in [2.75, 3.05) is 7.11 Å². The Morgan fingerprint density at radius 2 is 2.17 bits per heavy atom. The van der Waals surface area contributed by atoms with E-state index in [1.165, 1.54) is 11.3 Å². The molecule has 1 heterocycles. The predicted octanol–water partition coefficient (Wildman–Crippen LogP) is 3.94. The number of nitrogens with one attached hydrogen (secondary N) is 1. The molecule has 1 atom stereocenters. The number of hydrogen-bond donors (Lipinski definition) is 2. The lowest BCUT2D eigenvalue weighted by molar-refractivity contribution is -0.139. The van der Waals surface area contributed by atoms with Crippen LogP contribution < -0.4 is 10.1 Å². The Kier molecular flexibility index (Phi) is 5.85. The van der Waals surface area contributed by atoms with Gasteiger partial charge in [-0.3, -0.25) is 4.79 Å². The summed E-state index contributed by atoms with van der Waals surface area (Å²) in [6.07, 6.45) is 1.99. The number of rotatable bonds is 7. The van der Waals surface area contributed by atoms with Gasteiger partial charge in [-0.2, -0.15) is 0 Å². The third kappa shape index (κ3) is 3.95. The minimum Gasteiger partial charge on any atom is -0.497 e. The highest BCUT2D eigenvalue weighted by molar-refractivity contribution is 7.21. The second-order valence-electron chi connectivity index (χ2n) is 5.11. The molecule has 0 aliphatic rings. The van der Waals surface area contributed by atoms with E-state index in [1.807, 2.05) is 13.0 Å². The first-order chi connectivity index (χ1) is 11.0. The van der Waals surface area contributed by atoms with Crippen molar-refractivity contribution in [3.8, 4) is 5.75 Å². The third-order valence-electron chi connectivity index (χ3n) is 3.49. The SMILES string of the molecule is CCCCC(NC(=O)c1sc2ccc(OC)cc2c1Cl)C(=O)O. The van der Waals surface area contributed by atoms with E-state index in [0.29, 0.717) is 22.1 Å². The Hall–Kier alpha value is -1.79. The summed E-state index contributed by atoms with van der Waals surface area (Å²) in [7, 11) is 1.56. The van der Waals surface area contributed by atoms with Crippen LogP contribution in [0.4, 0.5) is 0 Å². The normalized spacial score (nSPS) is 12.1. The molecule has 1 aromatic heterocycles. The number of ether oxygens (including phenoxy) is 1. The van der Waals surface area contributed by atoms with Crippen molar-refractivity contribution in [2.24, 2.45) is 0 Å². The number of benzene rings is 1. The summed E-state index contributed by atoms with van der Waals surface area (Å²) in [4.78, 5) is 24.0. The van der Waals surface area contributed by atoms with Crippen molar-refractivity contribution in [1.29, 1.82) is 0 Å². The molecule has 7 heteroatoms. The fourth-order valence-electron chi connectivity index (χ4n) is 2.21. The first-order valence-corrected chi connectivity index (χ1v) is 8.47. The van der Waals surface area contributed by atoms with Crippen molar-refractivity contribution < 1.29 is 19.4 Å². The van der Waals surface area contributed by atoms with Crippen LogP contribution in [0.5, 0.6) is 5.75 Å². The number of carboxylic acid groups (broad SMARTS) is 1. The summed E-state index contributed by atoms with van der Waals surface area (Å²) in [6.45, 7) is 1.97. The number of carboxylic acids is 1. The molecule has 1 aromatic carbocycles. The van der Waals surface area contributed by atoms with E-state index in [-0.39, 0.29) is 0 Å². The molecule has 0 spiro atoms. The molecule has 0 aliphatic heterocycles. The minimum atomic E-state index is -1.04. The average Bonchev–Trinajstić information content (AvgIpc) is 2.87. The molecule has 2 rings (SSSR count). The van der Waals surface area contributed by atoms with Gasteiger partial charge in [0.25, 0.3) is 5.91 Å². The second-order valence-corrected chi connectivity index (χ2v) is 6.54. The van der Waals surface area contributed by atoms with Gasteiger partial charge in [0.2, 0.25) is 0 Å². The molecule has 0 fully saturated rings. The van der Waals surface area contributed by atoms with Crippen LogP contribution >= 0.6 is 22.9 Å². The Balaban J connectivity index is 2.26. The molecule has 23 heavy (non-hydrogen) atoms. The van der Waals surface area contributed by atoms with Gasteiger partial charge < -0.3 is 15.2 Å². The van der Waals surface area contributed by atoms with Gasteiger partial charge >= 0.3 is 5.97 Å². The van der Waals surface area contributed by atoms with Gasteiger partial charge in [-0.05, 0) is 24.6 Å².